The molecule has 0 heterocycles. The average molecular weight is 516 g/mol. The number of carbonyl (C=O) groups is 2. The molecule has 0 unspecified atom stereocenters. The van der Waals surface area contributed by atoms with Crippen molar-refractivity contribution in [3.05, 3.63) is 109 Å². The first-order chi connectivity index (χ1) is 18.0. The summed E-state index contributed by atoms with van der Waals surface area (Å²) in [5.41, 5.74) is 0.342. The predicted molar refractivity (Wildman–Crippen MR) is 147 cm³/mol. The standard InChI is InChI=1S/C30H27O6P/c1-34-29-25(18-19-27(30(29)35-2)36-20-28(32)33)26(31)21-37(22-12-6-3-7-13-22,23-14-8-4-9-15-23)24-16-10-5-11-17-24/h3-19H,20-21H2,1-2H3/p+1. The van der Waals surface area contributed by atoms with Gasteiger partial charge in [0, 0.05) is 0 Å². The first-order valence-corrected chi connectivity index (χ1v) is 13.7. The van der Waals surface area contributed by atoms with Crippen molar-refractivity contribution in [1.29, 1.82) is 0 Å². The number of benzene rings is 4. The molecule has 0 atom stereocenters. The first-order valence-electron chi connectivity index (χ1n) is 11.7. The summed E-state index contributed by atoms with van der Waals surface area (Å²) in [5, 5.41) is 12.3. The van der Waals surface area contributed by atoms with Gasteiger partial charge in [0.1, 0.15) is 29.3 Å². The number of aliphatic carboxylic acids is 1. The Bertz CT molecular complexity index is 1260. The van der Waals surface area contributed by atoms with Gasteiger partial charge in [0.25, 0.3) is 0 Å². The van der Waals surface area contributed by atoms with Crippen LogP contribution >= 0.6 is 7.26 Å². The summed E-state index contributed by atoms with van der Waals surface area (Å²) in [6.45, 7) is -0.544. The monoisotopic (exact) mass is 515 g/mol. The Morgan fingerprint density at radius 2 is 1.14 bits per heavy atom. The van der Waals surface area contributed by atoms with E-state index in [1.807, 2.05) is 54.6 Å². The van der Waals surface area contributed by atoms with Crippen molar-refractivity contribution in [3.8, 4) is 17.2 Å². The number of Topliss-reactive ketones (excluding diaryl/α,β-unsaturated/α-hetero) is 1. The fourth-order valence-corrected chi connectivity index (χ4v) is 8.57. The Kier molecular flexibility index (Phi) is 8.22. The summed E-state index contributed by atoms with van der Waals surface area (Å²) in [7, 11) is 0.452. The van der Waals surface area contributed by atoms with Gasteiger partial charge in [-0.2, -0.15) is 0 Å². The average Bonchev–Trinajstić information content (AvgIpc) is 2.95. The van der Waals surface area contributed by atoms with Gasteiger partial charge in [-0.05, 0) is 48.5 Å². The van der Waals surface area contributed by atoms with Gasteiger partial charge in [0.2, 0.25) is 11.5 Å². The van der Waals surface area contributed by atoms with Crippen LogP contribution in [-0.2, 0) is 4.79 Å². The number of hydrogen-bond acceptors (Lipinski definition) is 5. The number of carbonyl (C=O) groups excluding carboxylic acids is 1. The molecule has 0 spiro atoms. The molecule has 4 rings (SSSR count). The third-order valence-corrected chi connectivity index (χ3v) is 10.4. The van der Waals surface area contributed by atoms with Gasteiger partial charge >= 0.3 is 5.97 Å². The van der Waals surface area contributed by atoms with E-state index in [-0.39, 0.29) is 29.2 Å². The van der Waals surface area contributed by atoms with Crippen LogP contribution < -0.4 is 30.1 Å². The maximum Gasteiger partial charge on any atom is 0.341 e. The van der Waals surface area contributed by atoms with E-state index in [4.69, 9.17) is 19.3 Å². The van der Waals surface area contributed by atoms with Crippen LogP contribution in [0, 0.1) is 0 Å². The van der Waals surface area contributed by atoms with Crippen LogP contribution in [0.3, 0.4) is 0 Å². The zero-order valence-electron chi connectivity index (χ0n) is 20.7. The Morgan fingerprint density at radius 3 is 1.54 bits per heavy atom. The summed E-state index contributed by atoms with van der Waals surface area (Å²) < 4.78 is 16.5. The molecule has 7 heteroatoms. The minimum absolute atomic E-state index is 0.121. The number of methoxy groups -OCH3 is 2. The molecule has 0 aromatic heterocycles. The molecule has 6 nitrogen and oxygen atoms in total. The maximum atomic E-state index is 14.2. The van der Waals surface area contributed by atoms with E-state index in [9.17, 15) is 9.59 Å². The third kappa shape index (κ3) is 5.35. The number of hydrogen-bond donors (Lipinski definition) is 1. The molecule has 0 bridgehead atoms. The number of rotatable bonds is 11. The first kappa shape index (κ1) is 25.9. The van der Waals surface area contributed by atoms with Crippen LogP contribution in [0.4, 0.5) is 0 Å². The largest absolute Gasteiger partial charge is 0.492 e. The highest BCUT2D eigenvalue weighted by Crippen LogP contribution is 2.56. The quantitative estimate of drug-likeness (QED) is 0.236. The fourth-order valence-electron chi connectivity index (χ4n) is 4.48. The van der Waals surface area contributed by atoms with Gasteiger partial charge in [0.05, 0.1) is 19.8 Å². The Hall–Kier alpha value is -4.15. The van der Waals surface area contributed by atoms with Crippen molar-refractivity contribution in [2.45, 2.75) is 0 Å². The lowest BCUT2D eigenvalue weighted by Gasteiger charge is -2.27. The fraction of sp³-hybridized carbons (Fsp3) is 0.133. The van der Waals surface area contributed by atoms with Gasteiger partial charge in [-0.25, -0.2) is 4.79 Å². The number of carboxylic acid groups (broad SMARTS) is 1. The van der Waals surface area contributed by atoms with E-state index < -0.39 is 19.8 Å². The Morgan fingerprint density at radius 1 is 0.676 bits per heavy atom. The number of carboxylic acids is 1. The van der Waals surface area contributed by atoms with Crippen molar-refractivity contribution in [2.75, 3.05) is 27.0 Å². The minimum Gasteiger partial charge on any atom is -0.492 e. The highest BCUT2D eigenvalue weighted by molar-refractivity contribution is 7.96. The van der Waals surface area contributed by atoms with Crippen LogP contribution in [0.15, 0.2) is 103 Å². The second-order valence-corrected chi connectivity index (χ2v) is 11.7. The number of ketones is 1. The molecule has 0 aliphatic rings. The Balaban J connectivity index is 1.88. The highest BCUT2D eigenvalue weighted by Gasteiger charge is 2.47. The highest BCUT2D eigenvalue weighted by atomic mass is 31.2. The van der Waals surface area contributed by atoms with Gasteiger partial charge < -0.3 is 19.3 Å². The van der Waals surface area contributed by atoms with Crippen LogP contribution in [0.1, 0.15) is 10.4 Å². The van der Waals surface area contributed by atoms with Crippen molar-refractivity contribution >= 4 is 34.9 Å². The predicted octanol–water partition coefficient (Wildman–Crippen LogP) is 4.34. The lowest BCUT2D eigenvalue weighted by Crippen LogP contribution is -2.35. The summed E-state index contributed by atoms with van der Waals surface area (Å²) in [6.07, 6.45) is 0.222. The molecule has 188 valence electrons. The van der Waals surface area contributed by atoms with Crippen molar-refractivity contribution in [2.24, 2.45) is 0 Å². The summed E-state index contributed by atoms with van der Waals surface area (Å²) >= 11 is 0. The SMILES string of the molecule is COc1c(OCC(=O)O)ccc(C(=O)C[P+](c2ccccc2)(c2ccccc2)c2ccccc2)c1OC. The zero-order valence-corrected chi connectivity index (χ0v) is 21.6. The Labute approximate surface area is 216 Å². The maximum absolute atomic E-state index is 14.2. The van der Waals surface area contributed by atoms with Gasteiger partial charge in [-0.3, -0.25) is 4.79 Å². The van der Waals surface area contributed by atoms with E-state index >= 15 is 0 Å². The van der Waals surface area contributed by atoms with E-state index in [0.717, 1.165) is 15.9 Å². The zero-order chi connectivity index (χ0) is 26.3. The normalized spacial score (nSPS) is 11.0. The van der Waals surface area contributed by atoms with Crippen LogP contribution in [0.2, 0.25) is 0 Å². The lowest BCUT2D eigenvalue weighted by molar-refractivity contribution is -0.139. The topological polar surface area (TPSA) is 82.1 Å². The van der Waals surface area contributed by atoms with E-state index in [1.165, 1.54) is 14.2 Å². The summed E-state index contributed by atoms with van der Waals surface area (Å²) in [6, 6.07) is 33.6. The van der Waals surface area contributed by atoms with Crippen LogP contribution in [0.5, 0.6) is 17.2 Å². The van der Waals surface area contributed by atoms with Crippen molar-refractivity contribution in [1.82, 2.24) is 0 Å². The molecule has 4 aromatic rings. The van der Waals surface area contributed by atoms with Gasteiger partial charge in [-0.1, -0.05) is 54.6 Å². The minimum atomic E-state index is -2.42. The van der Waals surface area contributed by atoms with Gasteiger partial charge in [0.15, 0.2) is 18.1 Å². The third-order valence-electron chi connectivity index (χ3n) is 6.11. The van der Waals surface area contributed by atoms with Crippen LogP contribution in [0.25, 0.3) is 0 Å². The van der Waals surface area contributed by atoms with Gasteiger partial charge in [-0.15, -0.1) is 0 Å². The molecule has 0 radical (unpaired) electrons. The molecular weight excluding hydrogens is 487 g/mol. The molecule has 0 aliphatic carbocycles. The molecule has 1 N–H and O–H groups in total. The molecule has 0 aliphatic heterocycles. The lowest BCUT2D eigenvalue weighted by atomic mass is 10.1. The molecule has 37 heavy (non-hydrogen) atoms. The molecule has 0 amide bonds. The van der Waals surface area contributed by atoms with Crippen molar-refractivity contribution < 1.29 is 28.9 Å². The van der Waals surface area contributed by atoms with Crippen molar-refractivity contribution in [3.63, 3.8) is 0 Å². The molecule has 0 fully saturated rings. The van der Waals surface area contributed by atoms with Crippen LogP contribution in [-0.4, -0.2) is 43.8 Å². The van der Waals surface area contributed by atoms with E-state index in [0.29, 0.717) is 5.56 Å². The summed E-state index contributed by atoms with van der Waals surface area (Å²) in [5.74, 6) is -0.664. The second kappa shape index (κ2) is 11.7. The molecular formula is C30H28O6P+. The molecule has 0 saturated heterocycles. The van der Waals surface area contributed by atoms with E-state index in [1.54, 1.807) is 12.1 Å². The molecule has 0 saturated carbocycles. The number of ether oxygens (including phenoxy) is 3. The summed E-state index contributed by atoms with van der Waals surface area (Å²) in [4.78, 5) is 25.2. The molecule has 4 aromatic carbocycles. The second-order valence-electron chi connectivity index (χ2n) is 8.26. The van der Waals surface area contributed by atoms with E-state index in [2.05, 4.69) is 36.4 Å². The smallest absolute Gasteiger partial charge is 0.341 e.